The highest BCUT2D eigenvalue weighted by atomic mass is 16.5. The second-order valence-electron chi connectivity index (χ2n) is 9.04. The van der Waals surface area contributed by atoms with Gasteiger partial charge in [0.15, 0.2) is 17.3 Å². The van der Waals surface area contributed by atoms with E-state index in [4.69, 9.17) is 14.0 Å². The summed E-state index contributed by atoms with van der Waals surface area (Å²) in [4.78, 5) is 24.4. The van der Waals surface area contributed by atoms with Crippen LogP contribution in [0.15, 0.2) is 28.8 Å². The summed E-state index contributed by atoms with van der Waals surface area (Å²) >= 11 is 0. The first kappa shape index (κ1) is 23.8. The minimum atomic E-state index is -0.119. The summed E-state index contributed by atoms with van der Waals surface area (Å²) in [7, 11) is 1.63. The van der Waals surface area contributed by atoms with Crippen molar-refractivity contribution in [3.8, 4) is 11.5 Å². The van der Waals surface area contributed by atoms with Crippen LogP contribution in [0.4, 0.5) is 5.82 Å². The van der Waals surface area contributed by atoms with Crippen molar-refractivity contribution in [1.29, 1.82) is 0 Å². The number of carbonyl (C=O) groups excluding carboxylic acids is 2. The first-order chi connectivity index (χ1) is 15.3. The smallest absolute Gasteiger partial charge is 0.225 e. The molecule has 1 aromatic heterocycles. The third-order valence-corrected chi connectivity index (χ3v) is 6.01. The molecule has 1 aromatic carbocycles. The fourth-order valence-electron chi connectivity index (χ4n) is 4.12. The van der Waals surface area contributed by atoms with E-state index in [0.29, 0.717) is 49.1 Å². The topological polar surface area (TPSA) is 90.7 Å². The van der Waals surface area contributed by atoms with E-state index in [-0.39, 0.29) is 23.5 Å². The summed E-state index contributed by atoms with van der Waals surface area (Å²) in [6, 6.07) is 7.58. The average Bonchev–Trinajstić information content (AvgIpc) is 3.10. The van der Waals surface area contributed by atoms with Gasteiger partial charge in [0.2, 0.25) is 5.91 Å². The summed E-state index contributed by atoms with van der Waals surface area (Å²) < 4.78 is 16.5. The predicted octanol–water partition coefficient (Wildman–Crippen LogP) is 5.29. The maximum atomic E-state index is 12.4. The van der Waals surface area contributed by atoms with Crippen LogP contribution in [-0.2, 0) is 9.59 Å². The molecule has 1 saturated carbocycles. The Morgan fingerprint density at radius 2 is 2.00 bits per heavy atom. The number of ether oxygens (including phenoxy) is 2. The van der Waals surface area contributed by atoms with Gasteiger partial charge in [0.1, 0.15) is 11.5 Å². The van der Waals surface area contributed by atoms with Crippen molar-refractivity contribution >= 4 is 17.5 Å². The lowest BCUT2D eigenvalue weighted by Gasteiger charge is -2.26. The van der Waals surface area contributed by atoms with Crippen LogP contribution in [0.25, 0.3) is 0 Å². The number of aromatic nitrogens is 1. The van der Waals surface area contributed by atoms with Crippen molar-refractivity contribution in [2.75, 3.05) is 19.0 Å². The third-order valence-electron chi connectivity index (χ3n) is 6.01. The van der Waals surface area contributed by atoms with Crippen LogP contribution in [-0.4, -0.2) is 30.6 Å². The number of hydrogen-bond acceptors (Lipinski definition) is 6. The Hall–Kier alpha value is -2.83. The molecule has 1 aliphatic rings. The molecule has 7 nitrogen and oxygen atoms in total. The molecular weight excluding hydrogens is 408 g/mol. The molecule has 2 atom stereocenters. The number of Topliss-reactive ketones (excluding diaryl/α,β-unsaturated/α-hetero) is 1. The number of carbonyl (C=O) groups is 2. The fraction of sp³-hybridized carbons (Fsp3) is 0.560. The van der Waals surface area contributed by atoms with E-state index in [1.54, 1.807) is 27.0 Å². The maximum Gasteiger partial charge on any atom is 0.225 e. The van der Waals surface area contributed by atoms with Gasteiger partial charge >= 0.3 is 0 Å². The van der Waals surface area contributed by atoms with Crippen LogP contribution in [0.3, 0.4) is 0 Å². The summed E-state index contributed by atoms with van der Waals surface area (Å²) in [5.41, 5.74) is 1.03. The molecular formula is C25H34N2O5. The Morgan fingerprint density at radius 1 is 1.22 bits per heavy atom. The first-order valence-corrected chi connectivity index (χ1v) is 11.4. The molecule has 0 spiro atoms. The molecule has 0 aliphatic heterocycles. The SMILES string of the molecule is COc1ccc(C(CC(C)=O)C[C@@H](C)CC(=O)Nc2cc(C)on2)cc1OCC1CCC1. The van der Waals surface area contributed by atoms with E-state index in [9.17, 15) is 9.59 Å². The summed E-state index contributed by atoms with van der Waals surface area (Å²) in [6.07, 6.45) is 5.15. The molecule has 2 aromatic rings. The molecule has 0 bridgehead atoms. The van der Waals surface area contributed by atoms with Crippen molar-refractivity contribution in [2.24, 2.45) is 11.8 Å². The Labute approximate surface area is 189 Å². The van der Waals surface area contributed by atoms with Crippen molar-refractivity contribution in [3.63, 3.8) is 0 Å². The highest BCUT2D eigenvalue weighted by Crippen LogP contribution is 2.36. The molecule has 7 heteroatoms. The molecule has 1 N–H and O–H groups in total. The largest absolute Gasteiger partial charge is 0.493 e. The van der Waals surface area contributed by atoms with Crippen molar-refractivity contribution in [2.45, 2.75) is 65.2 Å². The van der Waals surface area contributed by atoms with Gasteiger partial charge in [-0.05, 0) is 68.6 Å². The lowest BCUT2D eigenvalue weighted by molar-refractivity contribution is -0.117. The predicted molar refractivity (Wildman–Crippen MR) is 122 cm³/mol. The zero-order chi connectivity index (χ0) is 23.1. The third kappa shape index (κ3) is 6.84. The van der Waals surface area contributed by atoms with Crippen molar-refractivity contribution < 1.29 is 23.6 Å². The van der Waals surface area contributed by atoms with Gasteiger partial charge in [-0.15, -0.1) is 0 Å². The number of amides is 1. The molecule has 0 saturated heterocycles. The number of methoxy groups -OCH3 is 1. The molecule has 0 radical (unpaired) electrons. The normalized spacial score (nSPS) is 15.5. The maximum absolute atomic E-state index is 12.4. The zero-order valence-corrected chi connectivity index (χ0v) is 19.5. The molecule has 1 aliphatic carbocycles. The van der Waals surface area contributed by atoms with Crippen LogP contribution in [0.1, 0.15) is 69.6 Å². The summed E-state index contributed by atoms with van der Waals surface area (Å²) in [5, 5.41) is 6.56. The number of anilines is 1. The lowest BCUT2D eigenvalue weighted by Crippen LogP contribution is -2.19. The first-order valence-electron chi connectivity index (χ1n) is 11.4. The quantitative estimate of drug-likeness (QED) is 0.480. The Kier molecular flexibility index (Phi) is 8.31. The van der Waals surface area contributed by atoms with Gasteiger partial charge in [0.05, 0.1) is 13.7 Å². The number of benzene rings is 1. The monoisotopic (exact) mass is 442 g/mol. The molecule has 1 fully saturated rings. The standard InChI is InChI=1S/C25H34N2O5/c1-16(11-25(29)26-24-13-18(3)32-27-24)10-21(12-17(2)28)20-8-9-22(30-4)23(14-20)31-15-19-6-5-7-19/h8-9,13-14,16,19,21H,5-7,10-12,15H2,1-4H3,(H,26,27,29)/t16-,21?/m1/s1. The molecule has 1 unspecified atom stereocenters. The molecule has 3 rings (SSSR count). The second-order valence-corrected chi connectivity index (χ2v) is 9.04. The average molecular weight is 443 g/mol. The molecule has 1 heterocycles. The van der Waals surface area contributed by atoms with E-state index >= 15 is 0 Å². The molecule has 1 amide bonds. The number of ketones is 1. The number of aryl methyl sites for hydroxylation is 1. The van der Waals surface area contributed by atoms with E-state index in [0.717, 1.165) is 11.3 Å². The van der Waals surface area contributed by atoms with Crippen LogP contribution < -0.4 is 14.8 Å². The van der Waals surface area contributed by atoms with Crippen LogP contribution in [0, 0.1) is 18.8 Å². The Bertz CT molecular complexity index is 919. The van der Waals surface area contributed by atoms with Crippen LogP contribution >= 0.6 is 0 Å². The molecule has 174 valence electrons. The van der Waals surface area contributed by atoms with Crippen LogP contribution in [0.2, 0.25) is 0 Å². The number of nitrogens with one attached hydrogen (secondary N) is 1. The Morgan fingerprint density at radius 3 is 2.59 bits per heavy atom. The second kappa shape index (κ2) is 11.2. The van der Waals surface area contributed by atoms with E-state index < -0.39 is 0 Å². The number of hydrogen-bond donors (Lipinski definition) is 1. The van der Waals surface area contributed by atoms with Gasteiger partial charge < -0.3 is 24.1 Å². The Balaban J connectivity index is 1.66. The van der Waals surface area contributed by atoms with Gasteiger partial charge in [-0.1, -0.05) is 24.6 Å². The van der Waals surface area contributed by atoms with E-state index in [1.807, 2.05) is 25.1 Å². The minimum Gasteiger partial charge on any atom is -0.493 e. The van der Waals surface area contributed by atoms with Crippen LogP contribution in [0.5, 0.6) is 11.5 Å². The van der Waals surface area contributed by atoms with Crippen molar-refractivity contribution in [3.05, 3.63) is 35.6 Å². The van der Waals surface area contributed by atoms with Crippen molar-refractivity contribution in [1.82, 2.24) is 5.16 Å². The fourth-order valence-corrected chi connectivity index (χ4v) is 4.12. The number of rotatable bonds is 12. The van der Waals surface area contributed by atoms with Gasteiger partial charge in [-0.3, -0.25) is 4.79 Å². The van der Waals surface area contributed by atoms with Gasteiger partial charge in [0, 0.05) is 18.9 Å². The van der Waals surface area contributed by atoms with E-state index in [1.165, 1.54) is 19.3 Å². The minimum absolute atomic E-state index is 0.00144. The summed E-state index contributed by atoms with van der Waals surface area (Å²) in [6.45, 7) is 6.10. The number of nitrogens with zero attached hydrogens (tertiary/aromatic N) is 1. The highest BCUT2D eigenvalue weighted by molar-refractivity contribution is 5.89. The zero-order valence-electron chi connectivity index (χ0n) is 19.5. The molecule has 32 heavy (non-hydrogen) atoms. The van der Waals surface area contributed by atoms with Gasteiger partial charge in [-0.2, -0.15) is 0 Å². The van der Waals surface area contributed by atoms with Gasteiger partial charge in [-0.25, -0.2) is 0 Å². The highest BCUT2D eigenvalue weighted by Gasteiger charge is 2.23. The van der Waals surface area contributed by atoms with E-state index in [2.05, 4.69) is 10.5 Å². The lowest BCUT2D eigenvalue weighted by atomic mass is 9.84. The summed E-state index contributed by atoms with van der Waals surface area (Å²) in [5.74, 6) is 3.18. The van der Waals surface area contributed by atoms with Gasteiger partial charge in [0.25, 0.3) is 0 Å².